The number of esters is 1. The molecule has 1 atom stereocenters. The highest BCUT2D eigenvalue weighted by molar-refractivity contribution is 7.07. The average Bonchev–Trinajstić information content (AvgIpc) is 3.04. The second-order valence-electron chi connectivity index (χ2n) is 7.79. The molecule has 176 valence electrons. The Balaban J connectivity index is 2.08. The van der Waals surface area contributed by atoms with Crippen molar-refractivity contribution in [3.8, 4) is 0 Å². The van der Waals surface area contributed by atoms with Crippen LogP contribution in [0.2, 0.25) is 5.02 Å². The largest absolute Gasteiger partial charge is 0.463 e. The van der Waals surface area contributed by atoms with Gasteiger partial charge in [-0.1, -0.05) is 18.5 Å². The monoisotopic (exact) mass is 493 g/mol. The molecule has 0 radical (unpaired) electrons. The number of ether oxygens (including phenoxy) is 1. The van der Waals surface area contributed by atoms with Crippen LogP contribution in [0.25, 0.3) is 12.2 Å². The van der Waals surface area contributed by atoms with E-state index in [1.807, 2.05) is 0 Å². The van der Waals surface area contributed by atoms with Gasteiger partial charge in [0.1, 0.15) is 11.2 Å². The van der Waals surface area contributed by atoms with Crippen molar-refractivity contribution in [3.63, 3.8) is 0 Å². The number of hydrogen-bond donors (Lipinski definition) is 0. The highest BCUT2D eigenvalue weighted by Gasteiger charge is 2.22. The van der Waals surface area contributed by atoms with Crippen LogP contribution in [0, 0.1) is 16.0 Å². The number of carbonyl (C=O) groups excluding carboxylic acids is 2. The lowest BCUT2D eigenvalue weighted by Gasteiger charge is -2.31. The second-order valence-corrected chi connectivity index (χ2v) is 9.26. The zero-order valence-corrected chi connectivity index (χ0v) is 19.9. The van der Waals surface area contributed by atoms with E-state index in [-0.39, 0.29) is 44.5 Å². The van der Waals surface area contributed by atoms with Crippen molar-refractivity contribution in [3.05, 3.63) is 58.4 Å². The van der Waals surface area contributed by atoms with Crippen LogP contribution >= 0.6 is 22.9 Å². The molecule has 1 unspecified atom stereocenters. The number of nitro groups is 1. The SMILES string of the molecule is CCOC(=O)C=c1sc(=Cc2cc([N+](=O)[O-])ccc2Cl)c(=O)n1CC(=O)N1CCCC(C)C1. The van der Waals surface area contributed by atoms with Gasteiger partial charge in [0.05, 0.1) is 22.1 Å². The molecule has 0 aliphatic carbocycles. The van der Waals surface area contributed by atoms with Gasteiger partial charge in [0.2, 0.25) is 5.91 Å². The molecule has 9 nitrogen and oxygen atoms in total. The van der Waals surface area contributed by atoms with Gasteiger partial charge in [-0.3, -0.25) is 24.3 Å². The maximum absolute atomic E-state index is 13.2. The Kier molecular flexibility index (Phi) is 8.04. The Morgan fingerprint density at radius 3 is 2.82 bits per heavy atom. The van der Waals surface area contributed by atoms with Crippen molar-refractivity contribution >= 4 is 52.7 Å². The van der Waals surface area contributed by atoms with E-state index in [1.54, 1.807) is 11.8 Å². The number of nitrogens with zero attached hydrogens (tertiary/aromatic N) is 3. The average molecular weight is 494 g/mol. The van der Waals surface area contributed by atoms with Gasteiger partial charge >= 0.3 is 5.97 Å². The third kappa shape index (κ3) is 6.08. The molecular weight excluding hydrogens is 470 g/mol. The second kappa shape index (κ2) is 10.8. The molecule has 1 aromatic carbocycles. The Bertz CT molecular complexity index is 1250. The van der Waals surface area contributed by atoms with E-state index in [4.69, 9.17) is 16.3 Å². The van der Waals surface area contributed by atoms with Gasteiger partial charge in [0, 0.05) is 35.8 Å². The lowest BCUT2D eigenvalue weighted by Crippen LogP contribution is -2.44. The fourth-order valence-electron chi connectivity index (χ4n) is 3.63. The van der Waals surface area contributed by atoms with E-state index in [0.29, 0.717) is 19.0 Å². The molecule has 33 heavy (non-hydrogen) atoms. The normalized spacial score (nSPS) is 17.3. The van der Waals surface area contributed by atoms with Crippen molar-refractivity contribution in [2.75, 3.05) is 19.7 Å². The zero-order chi connectivity index (χ0) is 24.1. The van der Waals surface area contributed by atoms with E-state index in [9.17, 15) is 24.5 Å². The topological polar surface area (TPSA) is 112 Å². The van der Waals surface area contributed by atoms with E-state index >= 15 is 0 Å². The summed E-state index contributed by atoms with van der Waals surface area (Å²) in [5.74, 6) is -0.460. The Hall–Kier alpha value is -2.98. The lowest BCUT2D eigenvalue weighted by molar-refractivity contribution is -0.384. The molecule has 1 aliphatic heterocycles. The van der Waals surface area contributed by atoms with E-state index in [0.717, 1.165) is 24.2 Å². The molecule has 3 rings (SSSR count). The molecule has 1 fully saturated rings. The van der Waals surface area contributed by atoms with E-state index < -0.39 is 16.5 Å². The van der Waals surface area contributed by atoms with Crippen LogP contribution in [-0.2, 0) is 20.9 Å². The van der Waals surface area contributed by atoms with Gasteiger partial charge in [-0.2, -0.15) is 0 Å². The summed E-state index contributed by atoms with van der Waals surface area (Å²) in [5.41, 5.74) is -0.373. The number of non-ortho nitro benzene ring substituents is 1. The first-order valence-electron chi connectivity index (χ1n) is 10.5. The van der Waals surface area contributed by atoms with Gasteiger partial charge in [0.25, 0.3) is 11.2 Å². The maximum atomic E-state index is 13.2. The summed E-state index contributed by atoms with van der Waals surface area (Å²) in [7, 11) is 0. The number of likely N-dealkylation sites (tertiary alicyclic amines) is 1. The summed E-state index contributed by atoms with van der Waals surface area (Å²) >= 11 is 7.16. The van der Waals surface area contributed by atoms with Crippen molar-refractivity contribution < 1.29 is 19.2 Å². The number of hydrogen-bond acceptors (Lipinski definition) is 7. The van der Waals surface area contributed by atoms with Crippen LogP contribution in [-0.4, -0.2) is 46.0 Å². The number of thiazole rings is 1. The predicted molar refractivity (Wildman–Crippen MR) is 126 cm³/mol. The fraction of sp³-hybridized carbons (Fsp3) is 0.409. The summed E-state index contributed by atoms with van der Waals surface area (Å²) < 4.78 is 6.64. The summed E-state index contributed by atoms with van der Waals surface area (Å²) in [6.07, 6.45) is 4.55. The first-order valence-corrected chi connectivity index (χ1v) is 11.7. The van der Waals surface area contributed by atoms with Gasteiger partial charge in [0.15, 0.2) is 0 Å². The van der Waals surface area contributed by atoms with Crippen molar-refractivity contribution in [2.45, 2.75) is 33.2 Å². The van der Waals surface area contributed by atoms with Crippen LogP contribution in [0.3, 0.4) is 0 Å². The zero-order valence-electron chi connectivity index (χ0n) is 18.3. The van der Waals surface area contributed by atoms with Gasteiger partial charge in [-0.05, 0) is 37.8 Å². The number of nitro benzene ring substituents is 1. The number of halogens is 1. The molecule has 0 spiro atoms. The molecule has 2 heterocycles. The fourth-order valence-corrected chi connectivity index (χ4v) is 4.82. The number of carbonyl (C=O) groups is 2. The molecule has 11 heteroatoms. The highest BCUT2D eigenvalue weighted by atomic mass is 35.5. The van der Waals surface area contributed by atoms with Crippen LogP contribution in [0.15, 0.2) is 23.0 Å². The first kappa shape index (κ1) is 24.7. The van der Waals surface area contributed by atoms with E-state index in [2.05, 4.69) is 6.92 Å². The summed E-state index contributed by atoms with van der Waals surface area (Å²) in [4.78, 5) is 50.4. The number of benzene rings is 1. The summed E-state index contributed by atoms with van der Waals surface area (Å²) in [6.45, 7) is 4.93. The van der Waals surface area contributed by atoms with E-state index in [1.165, 1.54) is 34.9 Å². The molecule has 1 aliphatic rings. The third-order valence-electron chi connectivity index (χ3n) is 5.24. The Labute approximate surface area is 198 Å². The van der Waals surface area contributed by atoms with Crippen molar-refractivity contribution in [1.82, 2.24) is 9.47 Å². The summed E-state index contributed by atoms with van der Waals surface area (Å²) in [5, 5.41) is 11.3. The van der Waals surface area contributed by atoms with Crippen molar-refractivity contribution in [1.29, 1.82) is 0 Å². The highest BCUT2D eigenvalue weighted by Crippen LogP contribution is 2.22. The predicted octanol–water partition coefficient (Wildman–Crippen LogP) is 1.90. The van der Waals surface area contributed by atoms with Crippen LogP contribution in [0.5, 0.6) is 0 Å². The van der Waals surface area contributed by atoms with Crippen molar-refractivity contribution in [2.24, 2.45) is 5.92 Å². The minimum absolute atomic E-state index is 0.164. The quantitative estimate of drug-likeness (QED) is 0.345. The number of amides is 1. The standard InChI is InChI=1S/C22H24ClN3O6S/c1-3-32-21(28)11-20-25(13-19(27)24-8-4-5-14(2)12-24)22(29)18(33-20)10-15-9-16(26(30)31)6-7-17(15)23/h6-7,9-11,14H,3-5,8,12-13H2,1-2H3. The van der Waals surface area contributed by atoms with Gasteiger partial charge in [-0.25, -0.2) is 4.79 Å². The molecular formula is C22H24ClN3O6S. The van der Waals surface area contributed by atoms with Gasteiger partial charge in [-0.15, -0.1) is 11.3 Å². The molecule has 1 saturated heterocycles. The van der Waals surface area contributed by atoms with Gasteiger partial charge < -0.3 is 9.64 Å². The number of piperidine rings is 1. The molecule has 0 N–H and O–H groups in total. The molecule has 1 amide bonds. The lowest BCUT2D eigenvalue weighted by atomic mass is 10.0. The molecule has 0 saturated carbocycles. The minimum atomic E-state index is -0.633. The first-order chi connectivity index (χ1) is 15.7. The van der Waals surface area contributed by atoms with Crippen LogP contribution in [0.4, 0.5) is 5.69 Å². The third-order valence-corrected chi connectivity index (χ3v) is 6.65. The maximum Gasteiger partial charge on any atom is 0.333 e. The smallest absolute Gasteiger partial charge is 0.333 e. The number of rotatable bonds is 6. The molecule has 1 aromatic heterocycles. The number of aromatic nitrogens is 1. The van der Waals surface area contributed by atoms with Crippen LogP contribution < -0.4 is 14.8 Å². The molecule has 0 bridgehead atoms. The summed E-state index contributed by atoms with van der Waals surface area (Å²) in [6, 6.07) is 3.91. The minimum Gasteiger partial charge on any atom is -0.463 e. The Morgan fingerprint density at radius 1 is 1.39 bits per heavy atom. The Morgan fingerprint density at radius 2 is 2.15 bits per heavy atom. The van der Waals surface area contributed by atoms with Crippen LogP contribution in [0.1, 0.15) is 32.3 Å². The molecule has 2 aromatic rings.